The van der Waals surface area contributed by atoms with Gasteiger partial charge in [0.2, 0.25) is 0 Å². The summed E-state index contributed by atoms with van der Waals surface area (Å²) in [6, 6.07) is 43.9. The molecule has 0 amide bonds. The fourth-order valence-corrected chi connectivity index (χ4v) is 9.74. The monoisotopic (exact) mass is 516 g/mol. The molecule has 0 spiro atoms. The van der Waals surface area contributed by atoms with Crippen molar-refractivity contribution < 1.29 is 4.57 Å². The lowest BCUT2D eigenvalue weighted by Gasteiger charge is -2.18. The number of aromatic nitrogens is 2. The van der Waals surface area contributed by atoms with Gasteiger partial charge in [-0.1, -0.05) is 103 Å². The molecular weight excluding hydrogens is 495 g/mol. The van der Waals surface area contributed by atoms with Crippen LogP contribution in [-0.4, -0.2) is 9.38 Å². The van der Waals surface area contributed by atoms with Crippen molar-refractivity contribution in [2.24, 2.45) is 0 Å². The van der Waals surface area contributed by atoms with Crippen LogP contribution >= 0.6 is 7.14 Å². The molecule has 0 aliphatic carbocycles. The van der Waals surface area contributed by atoms with Crippen LogP contribution in [0.1, 0.15) is 0 Å². The third kappa shape index (κ3) is 2.63. The minimum absolute atomic E-state index is 0.853. The number of rotatable bonds is 1. The first-order valence-electron chi connectivity index (χ1n) is 13.2. The molecule has 39 heavy (non-hydrogen) atoms. The van der Waals surface area contributed by atoms with E-state index in [1.54, 1.807) is 0 Å². The molecule has 8 aromatic rings. The summed E-state index contributed by atoms with van der Waals surface area (Å²) in [6.07, 6.45) is 0. The van der Waals surface area contributed by atoms with E-state index < -0.39 is 7.14 Å². The Morgan fingerprint density at radius 1 is 0.564 bits per heavy atom. The number of benzene rings is 6. The topological polar surface area (TPSA) is 34.4 Å². The van der Waals surface area contributed by atoms with Crippen molar-refractivity contribution in [2.75, 3.05) is 0 Å². The van der Waals surface area contributed by atoms with Crippen LogP contribution in [0.15, 0.2) is 127 Å². The zero-order valence-corrected chi connectivity index (χ0v) is 21.8. The summed E-state index contributed by atoms with van der Waals surface area (Å²) in [5, 5.41) is 8.52. The molecule has 0 radical (unpaired) electrons. The van der Waals surface area contributed by atoms with E-state index >= 15 is 4.57 Å². The Bertz CT molecular complexity index is 2330. The number of para-hydroxylation sites is 2. The molecule has 9 rings (SSSR count). The van der Waals surface area contributed by atoms with Crippen molar-refractivity contribution in [3.05, 3.63) is 127 Å². The summed E-state index contributed by atoms with van der Waals surface area (Å²) in [4.78, 5) is 5.11. The van der Waals surface area contributed by atoms with Crippen molar-refractivity contribution >= 4 is 72.2 Å². The largest absolute Gasteiger partial charge is 0.309 e. The number of fused-ring (bicyclic) bond motifs is 13. The first-order chi connectivity index (χ1) is 19.2. The standard InChI is InChI=1S/C35H21N2OP/c38-39(32-15-7-3-11-25(32)26-12-4-8-16-33(26)39)23-18-20-27-31(21-23)37-30-14-6-5-13-29(30)36-35(37)28-19-17-22-9-1-2-10-24(22)34(27)28/h1-21H. The van der Waals surface area contributed by atoms with Gasteiger partial charge in [0.15, 0.2) is 7.14 Å². The van der Waals surface area contributed by atoms with E-state index in [1.807, 2.05) is 42.5 Å². The highest BCUT2D eigenvalue weighted by molar-refractivity contribution is 7.86. The Labute approximate surface area is 224 Å². The number of imidazole rings is 1. The van der Waals surface area contributed by atoms with Gasteiger partial charge in [-0.15, -0.1) is 0 Å². The summed E-state index contributed by atoms with van der Waals surface area (Å²) in [5.74, 6) is 0. The normalized spacial score (nSPS) is 13.9. The van der Waals surface area contributed by atoms with Gasteiger partial charge in [-0.3, -0.25) is 4.40 Å². The molecule has 0 N–H and O–H groups in total. The van der Waals surface area contributed by atoms with Gasteiger partial charge in [0.05, 0.1) is 16.6 Å². The van der Waals surface area contributed by atoms with Crippen LogP contribution in [0, 0.1) is 0 Å². The average Bonchev–Trinajstić information content (AvgIpc) is 3.52. The van der Waals surface area contributed by atoms with Crippen molar-refractivity contribution in [1.29, 1.82) is 0 Å². The van der Waals surface area contributed by atoms with Crippen LogP contribution in [0.4, 0.5) is 0 Å². The second-order valence-corrected chi connectivity index (χ2v) is 13.0. The Morgan fingerprint density at radius 3 is 2.05 bits per heavy atom. The second-order valence-electron chi connectivity index (χ2n) is 10.3. The van der Waals surface area contributed by atoms with Gasteiger partial charge < -0.3 is 4.57 Å². The Balaban J connectivity index is 1.49. The van der Waals surface area contributed by atoms with Crippen LogP contribution in [0.25, 0.3) is 60.3 Å². The minimum atomic E-state index is -3.07. The predicted molar refractivity (Wildman–Crippen MR) is 164 cm³/mol. The van der Waals surface area contributed by atoms with Crippen LogP contribution in [-0.2, 0) is 4.57 Å². The van der Waals surface area contributed by atoms with E-state index in [0.29, 0.717) is 0 Å². The smallest absolute Gasteiger partial charge is 0.172 e. The molecule has 3 nitrogen and oxygen atoms in total. The lowest BCUT2D eigenvalue weighted by atomic mass is 9.99. The molecule has 0 atom stereocenters. The molecule has 1 aliphatic rings. The van der Waals surface area contributed by atoms with Gasteiger partial charge in [0, 0.05) is 32.1 Å². The third-order valence-corrected chi connectivity index (χ3v) is 11.5. The Hall–Kier alpha value is -4.72. The number of hydrogen-bond acceptors (Lipinski definition) is 2. The fourth-order valence-electron chi connectivity index (χ4n) is 6.67. The maximum Gasteiger partial charge on any atom is 0.172 e. The highest BCUT2D eigenvalue weighted by Crippen LogP contribution is 2.52. The molecule has 1 aliphatic heterocycles. The van der Waals surface area contributed by atoms with E-state index in [1.165, 1.54) is 16.2 Å². The Morgan fingerprint density at radius 2 is 1.23 bits per heavy atom. The van der Waals surface area contributed by atoms with E-state index in [-0.39, 0.29) is 0 Å². The van der Waals surface area contributed by atoms with Gasteiger partial charge >= 0.3 is 0 Å². The zero-order chi connectivity index (χ0) is 25.7. The SMILES string of the molecule is O=P1(c2ccc3c4c5ccccc5ccc4c4nc5ccccc5n4c3c2)c2ccccc2-c2ccccc21. The minimum Gasteiger partial charge on any atom is -0.309 e. The summed E-state index contributed by atoms with van der Waals surface area (Å²) in [6.45, 7) is 0. The van der Waals surface area contributed by atoms with Crippen molar-refractivity contribution in [3.63, 3.8) is 0 Å². The molecule has 2 aromatic heterocycles. The summed E-state index contributed by atoms with van der Waals surface area (Å²) in [7, 11) is -3.07. The quantitative estimate of drug-likeness (QED) is 0.167. The molecule has 0 unspecified atom stereocenters. The number of pyridine rings is 1. The van der Waals surface area contributed by atoms with Crippen molar-refractivity contribution in [1.82, 2.24) is 9.38 Å². The molecule has 0 bridgehead atoms. The second kappa shape index (κ2) is 7.44. The van der Waals surface area contributed by atoms with Gasteiger partial charge in [0.25, 0.3) is 0 Å². The van der Waals surface area contributed by atoms with E-state index in [2.05, 4.69) is 89.3 Å². The highest BCUT2D eigenvalue weighted by Gasteiger charge is 2.40. The predicted octanol–water partition coefficient (Wildman–Crippen LogP) is 7.57. The molecule has 0 fully saturated rings. The molecule has 182 valence electrons. The summed E-state index contributed by atoms with van der Waals surface area (Å²) >= 11 is 0. The molecule has 3 heterocycles. The van der Waals surface area contributed by atoms with Crippen LogP contribution < -0.4 is 15.9 Å². The van der Waals surface area contributed by atoms with E-state index in [4.69, 9.17) is 4.98 Å². The van der Waals surface area contributed by atoms with E-state index in [9.17, 15) is 0 Å². The van der Waals surface area contributed by atoms with Gasteiger partial charge in [0.1, 0.15) is 5.65 Å². The Kier molecular flexibility index (Phi) is 4.05. The molecule has 6 aromatic carbocycles. The first-order valence-corrected chi connectivity index (χ1v) is 14.9. The molecule has 0 saturated heterocycles. The zero-order valence-electron chi connectivity index (χ0n) is 20.9. The molecular formula is C35H21N2OP. The number of nitrogens with zero attached hydrogens (tertiary/aromatic N) is 2. The lowest BCUT2D eigenvalue weighted by Crippen LogP contribution is -2.21. The highest BCUT2D eigenvalue weighted by atomic mass is 31.2. The lowest BCUT2D eigenvalue weighted by molar-refractivity contribution is 0.593. The molecule has 0 saturated carbocycles. The van der Waals surface area contributed by atoms with Crippen molar-refractivity contribution in [3.8, 4) is 11.1 Å². The van der Waals surface area contributed by atoms with Crippen LogP contribution in [0.5, 0.6) is 0 Å². The van der Waals surface area contributed by atoms with Crippen molar-refractivity contribution in [2.45, 2.75) is 0 Å². The maximum absolute atomic E-state index is 15.3. The average molecular weight is 517 g/mol. The van der Waals surface area contributed by atoms with Crippen LogP contribution in [0.3, 0.4) is 0 Å². The number of hydrogen-bond donors (Lipinski definition) is 0. The maximum atomic E-state index is 15.3. The first kappa shape index (κ1) is 21.2. The van der Waals surface area contributed by atoms with Gasteiger partial charge in [-0.25, -0.2) is 4.98 Å². The van der Waals surface area contributed by atoms with Crippen LogP contribution in [0.2, 0.25) is 0 Å². The summed E-state index contributed by atoms with van der Waals surface area (Å²) < 4.78 is 17.5. The summed E-state index contributed by atoms with van der Waals surface area (Å²) in [5.41, 5.74) is 6.09. The van der Waals surface area contributed by atoms with Gasteiger partial charge in [-0.2, -0.15) is 0 Å². The van der Waals surface area contributed by atoms with E-state index in [0.717, 1.165) is 60.0 Å². The fraction of sp³-hybridized carbons (Fsp3) is 0. The molecule has 4 heteroatoms. The van der Waals surface area contributed by atoms with Gasteiger partial charge in [-0.05, 0) is 46.2 Å². The third-order valence-electron chi connectivity index (χ3n) is 8.36.